The first-order chi connectivity index (χ1) is 12.9. The van der Waals surface area contributed by atoms with Gasteiger partial charge in [0.1, 0.15) is 0 Å². The van der Waals surface area contributed by atoms with Crippen LogP contribution in [0.25, 0.3) is 0 Å². The Morgan fingerprint density at radius 1 is 1.04 bits per heavy atom. The van der Waals surface area contributed by atoms with E-state index in [4.69, 9.17) is 0 Å². The lowest BCUT2D eigenvalue weighted by Crippen LogP contribution is -2.51. The molecule has 144 valence electrons. The number of nitrogens with one attached hydrogen (secondary N) is 1. The monoisotopic (exact) mass is 369 g/mol. The van der Waals surface area contributed by atoms with Gasteiger partial charge in [0.05, 0.1) is 5.41 Å². The van der Waals surface area contributed by atoms with Gasteiger partial charge in [0.25, 0.3) is 5.91 Å². The van der Waals surface area contributed by atoms with Gasteiger partial charge in [-0.3, -0.25) is 14.4 Å². The van der Waals surface area contributed by atoms with Gasteiger partial charge in [-0.2, -0.15) is 0 Å². The molecule has 2 aliphatic heterocycles. The lowest BCUT2D eigenvalue weighted by Gasteiger charge is -2.36. The summed E-state index contributed by atoms with van der Waals surface area (Å²) in [7, 11) is 0. The van der Waals surface area contributed by atoms with Crippen molar-refractivity contribution in [1.29, 1.82) is 0 Å². The zero-order chi connectivity index (χ0) is 19.2. The third kappa shape index (κ3) is 3.11. The van der Waals surface area contributed by atoms with Crippen molar-refractivity contribution in [1.82, 2.24) is 9.80 Å². The highest BCUT2D eigenvalue weighted by molar-refractivity contribution is 6.07. The molecule has 1 saturated carbocycles. The first kappa shape index (κ1) is 18.0. The summed E-state index contributed by atoms with van der Waals surface area (Å²) < 4.78 is 0. The Labute approximate surface area is 159 Å². The van der Waals surface area contributed by atoms with Crippen LogP contribution in [0.2, 0.25) is 0 Å². The Balaban J connectivity index is 1.42. The molecule has 0 atom stereocenters. The fourth-order valence-corrected chi connectivity index (χ4v) is 4.45. The summed E-state index contributed by atoms with van der Waals surface area (Å²) in [6.45, 7) is 6.09. The third-order valence-corrected chi connectivity index (χ3v) is 6.34. The topological polar surface area (TPSA) is 69.7 Å². The van der Waals surface area contributed by atoms with Gasteiger partial charge in [0.15, 0.2) is 0 Å². The van der Waals surface area contributed by atoms with Crippen LogP contribution >= 0.6 is 0 Å². The van der Waals surface area contributed by atoms with Crippen molar-refractivity contribution in [2.75, 3.05) is 31.5 Å². The molecule has 0 bridgehead atoms. The average molecular weight is 369 g/mol. The lowest BCUT2D eigenvalue weighted by molar-refractivity contribution is -0.136. The number of hydrogen-bond donors (Lipinski definition) is 1. The van der Waals surface area contributed by atoms with Gasteiger partial charge in [0, 0.05) is 43.3 Å². The summed E-state index contributed by atoms with van der Waals surface area (Å²) in [5, 5.41) is 2.87. The third-order valence-electron chi connectivity index (χ3n) is 6.34. The number of nitrogens with zero attached hydrogens (tertiary/aromatic N) is 2. The van der Waals surface area contributed by atoms with Crippen molar-refractivity contribution in [3.8, 4) is 0 Å². The molecule has 3 aliphatic rings. The van der Waals surface area contributed by atoms with Crippen molar-refractivity contribution in [2.45, 2.75) is 44.9 Å². The molecule has 2 fully saturated rings. The van der Waals surface area contributed by atoms with Crippen molar-refractivity contribution in [3.05, 3.63) is 29.3 Å². The van der Waals surface area contributed by atoms with E-state index < -0.39 is 5.41 Å². The minimum absolute atomic E-state index is 0.0269. The van der Waals surface area contributed by atoms with Gasteiger partial charge in [-0.05, 0) is 50.5 Å². The van der Waals surface area contributed by atoms with Gasteiger partial charge >= 0.3 is 0 Å². The van der Waals surface area contributed by atoms with Crippen molar-refractivity contribution in [2.24, 2.45) is 5.92 Å². The predicted octanol–water partition coefficient (Wildman–Crippen LogP) is 2.39. The van der Waals surface area contributed by atoms with E-state index in [0.717, 1.165) is 36.9 Å². The van der Waals surface area contributed by atoms with Crippen LogP contribution in [0.1, 0.15) is 55.5 Å². The molecule has 0 radical (unpaired) electrons. The fraction of sp³-hybridized carbons (Fsp3) is 0.571. The average Bonchev–Trinajstić information content (AvgIpc) is 3.28. The number of piperazine rings is 1. The Bertz CT molecular complexity index is 788. The molecule has 1 aliphatic carbocycles. The molecule has 2 heterocycles. The van der Waals surface area contributed by atoms with Gasteiger partial charge in [-0.25, -0.2) is 0 Å². The molecule has 0 aromatic heterocycles. The molecule has 3 amide bonds. The highest BCUT2D eigenvalue weighted by Crippen LogP contribution is 2.38. The first-order valence-electron chi connectivity index (χ1n) is 9.92. The number of benzene rings is 1. The molecule has 1 aromatic carbocycles. The molecular formula is C21H27N3O3. The van der Waals surface area contributed by atoms with Crippen molar-refractivity contribution in [3.63, 3.8) is 0 Å². The summed E-state index contributed by atoms with van der Waals surface area (Å²) >= 11 is 0. The SMILES string of the molecule is CC1(C)C(=O)Nc2ccc(C(=O)N3CCN(C(=O)C4CCCC4)CC3)cc21. The molecule has 1 N–H and O–H groups in total. The van der Waals surface area contributed by atoms with Crippen LogP contribution in [-0.2, 0) is 15.0 Å². The van der Waals surface area contributed by atoms with Crippen LogP contribution in [0, 0.1) is 5.92 Å². The van der Waals surface area contributed by atoms with E-state index in [9.17, 15) is 14.4 Å². The van der Waals surface area contributed by atoms with E-state index in [1.165, 1.54) is 0 Å². The van der Waals surface area contributed by atoms with Crippen molar-refractivity contribution < 1.29 is 14.4 Å². The molecule has 6 nitrogen and oxygen atoms in total. The Kier molecular flexibility index (Phi) is 4.44. The lowest BCUT2D eigenvalue weighted by atomic mass is 9.85. The number of carbonyl (C=O) groups is 3. The number of hydrogen-bond acceptors (Lipinski definition) is 3. The van der Waals surface area contributed by atoms with Crippen LogP contribution in [0.15, 0.2) is 18.2 Å². The van der Waals surface area contributed by atoms with Crippen LogP contribution in [-0.4, -0.2) is 53.7 Å². The van der Waals surface area contributed by atoms with E-state index in [1.807, 2.05) is 35.8 Å². The molecule has 0 unspecified atom stereocenters. The maximum Gasteiger partial charge on any atom is 0.253 e. The second kappa shape index (κ2) is 6.66. The minimum Gasteiger partial charge on any atom is -0.339 e. The largest absolute Gasteiger partial charge is 0.339 e. The zero-order valence-electron chi connectivity index (χ0n) is 16.1. The first-order valence-corrected chi connectivity index (χ1v) is 9.92. The molecule has 6 heteroatoms. The van der Waals surface area contributed by atoms with Gasteiger partial charge in [-0.1, -0.05) is 12.8 Å². The maximum absolute atomic E-state index is 12.9. The van der Waals surface area contributed by atoms with E-state index in [0.29, 0.717) is 31.7 Å². The molecule has 1 saturated heterocycles. The van der Waals surface area contributed by atoms with E-state index in [1.54, 1.807) is 6.07 Å². The summed E-state index contributed by atoms with van der Waals surface area (Å²) in [4.78, 5) is 41.3. The molecule has 1 aromatic rings. The van der Waals surface area contributed by atoms with Gasteiger partial charge < -0.3 is 15.1 Å². The highest BCUT2D eigenvalue weighted by atomic mass is 16.2. The second-order valence-corrected chi connectivity index (χ2v) is 8.44. The Hall–Kier alpha value is -2.37. The van der Waals surface area contributed by atoms with Crippen molar-refractivity contribution >= 4 is 23.4 Å². The normalized spacial score (nSPS) is 21.9. The number of rotatable bonds is 2. The standard InChI is InChI=1S/C21H27N3O3/c1-21(2)16-13-15(7-8-17(16)22-20(21)27)19(26)24-11-9-23(10-12-24)18(25)14-5-3-4-6-14/h7-8,13-14H,3-6,9-12H2,1-2H3,(H,22,27). The summed E-state index contributed by atoms with van der Waals surface area (Å²) in [6.07, 6.45) is 4.33. The van der Waals surface area contributed by atoms with Gasteiger partial charge in [0.2, 0.25) is 11.8 Å². The second-order valence-electron chi connectivity index (χ2n) is 8.44. The quantitative estimate of drug-likeness (QED) is 0.870. The van der Waals surface area contributed by atoms with Crippen LogP contribution in [0.4, 0.5) is 5.69 Å². The molecule has 4 rings (SSSR count). The molecule has 0 spiro atoms. The zero-order valence-corrected chi connectivity index (χ0v) is 16.1. The Morgan fingerprint density at radius 2 is 1.67 bits per heavy atom. The Morgan fingerprint density at radius 3 is 2.33 bits per heavy atom. The van der Waals surface area contributed by atoms with Crippen LogP contribution in [0.5, 0.6) is 0 Å². The molecular weight excluding hydrogens is 342 g/mol. The summed E-state index contributed by atoms with van der Waals surface area (Å²) in [5.41, 5.74) is 1.63. The van der Waals surface area contributed by atoms with Gasteiger partial charge in [-0.15, -0.1) is 0 Å². The van der Waals surface area contributed by atoms with E-state index in [2.05, 4.69) is 5.32 Å². The smallest absolute Gasteiger partial charge is 0.253 e. The van der Waals surface area contributed by atoms with E-state index in [-0.39, 0.29) is 23.6 Å². The van der Waals surface area contributed by atoms with Crippen LogP contribution < -0.4 is 5.32 Å². The van der Waals surface area contributed by atoms with Crippen LogP contribution in [0.3, 0.4) is 0 Å². The number of amides is 3. The number of carbonyl (C=O) groups excluding carboxylic acids is 3. The summed E-state index contributed by atoms with van der Waals surface area (Å²) in [6, 6.07) is 5.43. The summed E-state index contributed by atoms with van der Waals surface area (Å²) in [5.74, 6) is 0.391. The fourth-order valence-electron chi connectivity index (χ4n) is 4.45. The number of anilines is 1. The maximum atomic E-state index is 12.9. The predicted molar refractivity (Wildman–Crippen MR) is 103 cm³/mol. The minimum atomic E-state index is -0.627. The van der Waals surface area contributed by atoms with E-state index >= 15 is 0 Å². The number of fused-ring (bicyclic) bond motifs is 1. The highest BCUT2D eigenvalue weighted by Gasteiger charge is 2.39. The molecule has 27 heavy (non-hydrogen) atoms.